The lowest BCUT2D eigenvalue weighted by molar-refractivity contribution is -0.155. The number of carbonyl (C=O) groups is 2. The number of carboxylic acid groups (broad SMARTS) is 1. The molecule has 216 valence electrons. The second-order valence-electron chi connectivity index (χ2n) is 15.1. The first kappa shape index (κ1) is 29.6. The Kier molecular flexibility index (Phi) is 7.74. The number of aliphatic carboxylic acids is 1. The maximum atomic E-state index is 11.8. The highest BCUT2D eigenvalue weighted by atomic mass is 16.5. The van der Waals surface area contributed by atoms with E-state index in [0.717, 1.165) is 51.4 Å². The molecule has 0 aliphatic heterocycles. The molecule has 1 spiro atoms. The number of esters is 1. The molecular formula is C33H54O5. The highest BCUT2D eigenvalue weighted by Gasteiger charge is 2.81. The number of ether oxygens (including phenoxy) is 1. The Morgan fingerprint density at radius 2 is 1.74 bits per heavy atom. The van der Waals surface area contributed by atoms with E-state index in [0.29, 0.717) is 36.7 Å². The van der Waals surface area contributed by atoms with E-state index in [1.165, 1.54) is 18.9 Å². The smallest absolute Gasteiger partial charge is 0.303 e. The van der Waals surface area contributed by atoms with E-state index in [-0.39, 0.29) is 40.0 Å². The quantitative estimate of drug-likeness (QED) is 0.215. The van der Waals surface area contributed by atoms with Gasteiger partial charge in [0.05, 0.1) is 12.2 Å². The average molecular weight is 531 g/mol. The van der Waals surface area contributed by atoms with Crippen LogP contribution in [-0.4, -0.2) is 34.4 Å². The number of allylic oxidation sites excluding steroid dienone is 1. The van der Waals surface area contributed by atoms with E-state index in [2.05, 4.69) is 34.3 Å². The molecule has 0 aromatic carbocycles. The number of carboxylic acids is 1. The molecule has 5 heteroatoms. The summed E-state index contributed by atoms with van der Waals surface area (Å²) in [6, 6.07) is 0. The van der Waals surface area contributed by atoms with Crippen LogP contribution in [0.3, 0.4) is 0 Å². The number of hydrogen-bond donors (Lipinski definition) is 2. The third-order valence-electron chi connectivity index (χ3n) is 12.9. The molecule has 0 bridgehead atoms. The number of carbonyl (C=O) groups excluding carboxylic acids is 1. The summed E-state index contributed by atoms with van der Waals surface area (Å²) in [4.78, 5) is 23.5. The lowest BCUT2D eigenvalue weighted by atomic mass is 9.43. The van der Waals surface area contributed by atoms with Crippen molar-refractivity contribution in [2.45, 2.75) is 125 Å². The molecule has 38 heavy (non-hydrogen) atoms. The Morgan fingerprint density at radius 1 is 1.05 bits per heavy atom. The standard InChI is InChI=1S/C33H54O5/c1-21(2)22(3)9-10-24(19-38-23(4)34)25-13-15-31(8)27-12-11-26(29(5,6)37)32(16-14-28(35)36)20-33(27,32)18-17-30(25,31)7/h21,24-27,37H,3,9-20H2,1-2,4-8H3,(H,35,36)/t24-,25+,26-,27-,30+,31-,32+,33-/m0/s1. The summed E-state index contributed by atoms with van der Waals surface area (Å²) in [7, 11) is 0. The fraction of sp³-hybridized carbons (Fsp3) is 0.879. The van der Waals surface area contributed by atoms with Crippen LogP contribution in [0, 0.1) is 51.2 Å². The highest BCUT2D eigenvalue weighted by molar-refractivity contribution is 5.67. The van der Waals surface area contributed by atoms with Gasteiger partial charge < -0.3 is 14.9 Å². The lowest BCUT2D eigenvalue weighted by Crippen LogP contribution is -2.56. The van der Waals surface area contributed by atoms with E-state index in [9.17, 15) is 19.8 Å². The Bertz CT molecular complexity index is 948. The summed E-state index contributed by atoms with van der Waals surface area (Å²) in [5, 5.41) is 20.8. The molecule has 0 amide bonds. The second kappa shape index (κ2) is 9.93. The van der Waals surface area contributed by atoms with E-state index in [1.807, 2.05) is 13.8 Å². The van der Waals surface area contributed by atoms with Crippen molar-refractivity contribution < 1.29 is 24.5 Å². The summed E-state index contributed by atoms with van der Waals surface area (Å²) in [6.07, 6.45) is 10.7. The Balaban J connectivity index is 1.63. The molecule has 0 heterocycles. The molecule has 5 nitrogen and oxygen atoms in total. The zero-order valence-corrected chi connectivity index (χ0v) is 25.2. The van der Waals surface area contributed by atoms with E-state index < -0.39 is 11.6 Å². The van der Waals surface area contributed by atoms with Crippen molar-refractivity contribution in [1.82, 2.24) is 0 Å². The number of rotatable bonds is 11. The topological polar surface area (TPSA) is 83.8 Å². The van der Waals surface area contributed by atoms with Gasteiger partial charge in [-0.05, 0) is 129 Å². The predicted octanol–water partition coefficient (Wildman–Crippen LogP) is 7.41. The molecule has 4 rings (SSSR count). The molecule has 4 saturated carbocycles. The van der Waals surface area contributed by atoms with Crippen molar-refractivity contribution in [3.63, 3.8) is 0 Å². The monoisotopic (exact) mass is 530 g/mol. The van der Waals surface area contributed by atoms with Gasteiger partial charge in [0.15, 0.2) is 0 Å². The van der Waals surface area contributed by atoms with Gasteiger partial charge in [-0.1, -0.05) is 39.8 Å². The van der Waals surface area contributed by atoms with Gasteiger partial charge in [-0.2, -0.15) is 0 Å². The SMILES string of the molecule is C=C(CC[C@@H](COC(C)=O)[C@H]1CC[C@@]2(C)[C@@H]3CC[C@@H](C(C)(C)O)[C@@]4(CCC(=O)O)C[C@@]34CC[C@]12C)C(C)C. The largest absolute Gasteiger partial charge is 0.481 e. The summed E-state index contributed by atoms with van der Waals surface area (Å²) in [5.41, 5.74) is 0.927. The van der Waals surface area contributed by atoms with E-state index >= 15 is 0 Å². The predicted molar refractivity (Wildman–Crippen MR) is 150 cm³/mol. The maximum Gasteiger partial charge on any atom is 0.303 e. The van der Waals surface area contributed by atoms with Crippen molar-refractivity contribution in [3.8, 4) is 0 Å². The van der Waals surface area contributed by atoms with Crippen molar-refractivity contribution in [1.29, 1.82) is 0 Å². The average Bonchev–Trinajstić information content (AvgIpc) is 3.41. The Hall–Kier alpha value is -1.36. The van der Waals surface area contributed by atoms with Crippen LogP contribution in [-0.2, 0) is 14.3 Å². The fourth-order valence-corrected chi connectivity index (χ4v) is 10.7. The number of hydrogen-bond acceptors (Lipinski definition) is 4. The maximum absolute atomic E-state index is 11.8. The number of aliphatic hydroxyl groups is 1. The van der Waals surface area contributed by atoms with Gasteiger partial charge in [0.2, 0.25) is 0 Å². The third-order valence-corrected chi connectivity index (χ3v) is 12.9. The van der Waals surface area contributed by atoms with Crippen LogP contribution in [0.1, 0.15) is 119 Å². The minimum Gasteiger partial charge on any atom is -0.481 e. The second-order valence-corrected chi connectivity index (χ2v) is 15.1. The Labute approximate surface area is 231 Å². The van der Waals surface area contributed by atoms with Gasteiger partial charge in [-0.3, -0.25) is 9.59 Å². The molecule has 0 aromatic heterocycles. The minimum atomic E-state index is -0.791. The molecule has 0 radical (unpaired) electrons. The van der Waals surface area contributed by atoms with Crippen LogP contribution in [0.15, 0.2) is 12.2 Å². The van der Waals surface area contributed by atoms with Crippen LogP contribution in [0.4, 0.5) is 0 Å². The molecular weight excluding hydrogens is 476 g/mol. The first-order valence-corrected chi connectivity index (χ1v) is 15.3. The van der Waals surface area contributed by atoms with Gasteiger partial charge in [0, 0.05) is 13.3 Å². The van der Waals surface area contributed by atoms with Crippen LogP contribution in [0.2, 0.25) is 0 Å². The molecule has 0 aromatic rings. The molecule has 2 N–H and O–H groups in total. The van der Waals surface area contributed by atoms with Crippen LogP contribution in [0.5, 0.6) is 0 Å². The van der Waals surface area contributed by atoms with Gasteiger partial charge in [0.1, 0.15) is 0 Å². The first-order chi connectivity index (χ1) is 17.5. The highest BCUT2D eigenvalue weighted by Crippen LogP contribution is 2.87. The van der Waals surface area contributed by atoms with Gasteiger partial charge in [-0.15, -0.1) is 0 Å². The molecule has 4 aliphatic carbocycles. The summed E-state index contributed by atoms with van der Waals surface area (Å²) < 4.78 is 5.67. The Morgan fingerprint density at radius 3 is 2.32 bits per heavy atom. The van der Waals surface area contributed by atoms with E-state index in [4.69, 9.17) is 4.74 Å². The van der Waals surface area contributed by atoms with Crippen molar-refractivity contribution in [2.75, 3.05) is 6.61 Å². The summed E-state index contributed by atoms with van der Waals surface area (Å²) in [6.45, 7) is 19.7. The third kappa shape index (κ3) is 4.57. The normalized spacial score (nSPS) is 40.6. The lowest BCUT2D eigenvalue weighted by Gasteiger charge is -2.61. The van der Waals surface area contributed by atoms with Crippen molar-refractivity contribution >= 4 is 11.9 Å². The molecule has 8 atom stereocenters. The molecule has 4 aliphatic rings. The van der Waals surface area contributed by atoms with Gasteiger partial charge in [-0.25, -0.2) is 0 Å². The van der Waals surface area contributed by atoms with E-state index in [1.54, 1.807) is 0 Å². The van der Waals surface area contributed by atoms with Crippen LogP contribution >= 0.6 is 0 Å². The van der Waals surface area contributed by atoms with Gasteiger partial charge >= 0.3 is 11.9 Å². The van der Waals surface area contributed by atoms with Gasteiger partial charge in [0.25, 0.3) is 0 Å². The zero-order valence-electron chi connectivity index (χ0n) is 25.2. The zero-order chi connectivity index (χ0) is 28.3. The van der Waals surface area contributed by atoms with Crippen molar-refractivity contribution in [3.05, 3.63) is 12.2 Å². The van der Waals surface area contributed by atoms with Crippen molar-refractivity contribution in [2.24, 2.45) is 51.2 Å². The molecule has 0 unspecified atom stereocenters. The molecule has 0 saturated heterocycles. The minimum absolute atomic E-state index is 0.0544. The molecule has 4 fully saturated rings. The fourth-order valence-electron chi connectivity index (χ4n) is 10.7. The number of fused-ring (bicyclic) bond motifs is 2. The van der Waals surface area contributed by atoms with Crippen LogP contribution < -0.4 is 0 Å². The van der Waals surface area contributed by atoms with Crippen LogP contribution in [0.25, 0.3) is 0 Å². The summed E-state index contributed by atoms with van der Waals surface area (Å²) in [5.74, 6) is 1.10. The first-order valence-electron chi connectivity index (χ1n) is 15.3. The summed E-state index contributed by atoms with van der Waals surface area (Å²) >= 11 is 0.